The van der Waals surface area contributed by atoms with Gasteiger partial charge in [0, 0.05) is 5.56 Å². The third kappa shape index (κ3) is 3.72. The second-order valence-corrected chi connectivity index (χ2v) is 8.92. The second-order valence-electron chi connectivity index (χ2n) is 6.05. The number of benzene rings is 2. The topological polar surface area (TPSA) is 114 Å². The summed E-state index contributed by atoms with van der Waals surface area (Å²) in [4.78, 5) is 4.41. The molecular weight excluding hydrogens is 457 g/mol. The molecule has 29 heavy (non-hydrogen) atoms. The first-order chi connectivity index (χ1) is 13.8. The Balaban J connectivity index is 1.70. The van der Waals surface area contributed by atoms with Gasteiger partial charge in [-0.2, -0.15) is 5.10 Å². The van der Waals surface area contributed by atoms with Crippen LogP contribution in [0.2, 0.25) is 15.1 Å². The summed E-state index contributed by atoms with van der Waals surface area (Å²) in [5, 5.41) is 7.22. The van der Waals surface area contributed by atoms with Crippen LogP contribution in [0.5, 0.6) is 0 Å². The number of nitrogen functional groups attached to an aromatic ring is 1. The van der Waals surface area contributed by atoms with Crippen molar-refractivity contribution in [3.8, 4) is 11.3 Å². The number of rotatable bonds is 4. The Kier molecular flexibility index (Phi) is 5.04. The molecule has 0 atom stereocenters. The maximum atomic E-state index is 12.7. The van der Waals surface area contributed by atoms with Gasteiger partial charge in [-0.25, -0.2) is 13.4 Å². The van der Waals surface area contributed by atoms with Crippen LogP contribution in [0.4, 0.5) is 11.5 Å². The molecule has 0 aliphatic rings. The molecule has 4 aromatic rings. The minimum atomic E-state index is -3.94. The molecule has 0 unspecified atom stereocenters. The van der Waals surface area contributed by atoms with Crippen LogP contribution in [0.1, 0.15) is 0 Å². The Morgan fingerprint density at radius 3 is 2.55 bits per heavy atom. The molecule has 2 heterocycles. The van der Waals surface area contributed by atoms with Gasteiger partial charge in [0.25, 0.3) is 10.0 Å². The molecule has 0 saturated carbocycles. The van der Waals surface area contributed by atoms with Crippen molar-refractivity contribution in [2.24, 2.45) is 0 Å². The molecule has 0 saturated heterocycles. The Hall–Kier alpha value is -2.52. The molecule has 0 spiro atoms. The van der Waals surface area contributed by atoms with Crippen LogP contribution in [0, 0.1) is 0 Å². The second kappa shape index (κ2) is 7.38. The number of H-pyrrole nitrogens is 1. The first-order valence-corrected chi connectivity index (χ1v) is 10.8. The first kappa shape index (κ1) is 19.8. The maximum Gasteiger partial charge on any atom is 0.261 e. The molecule has 0 aliphatic heterocycles. The summed E-state index contributed by atoms with van der Waals surface area (Å²) in [5.74, 6) is 0.264. The number of aromatic amines is 1. The van der Waals surface area contributed by atoms with E-state index in [2.05, 4.69) is 19.9 Å². The van der Waals surface area contributed by atoms with Gasteiger partial charge in [-0.1, -0.05) is 40.9 Å². The fraction of sp³-hybridized carbons (Fsp3) is 0. The standard InChI is InChI=1S/C18H12Cl3N5O2S/c19-11-2-1-3-14(16(11)21)26-29(27,28)9-4-5-10(12(20)8-9)13-6-7-15-17(23-13)18(22)25-24-15/h1-8,26H,(H3,22,24,25). The smallest absolute Gasteiger partial charge is 0.261 e. The Morgan fingerprint density at radius 2 is 1.79 bits per heavy atom. The molecule has 2 aromatic heterocycles. The van der Waals surface area contributed by atoms with Gasteiger partial charge in [0.1, 0.15) is 5.52 Å². The fourth-order valence-electron chi connectivity index (χ4n) is 2.73. The number of nitrogens with zero attached hydrogens (tertiary/aromatic N) is 2. The van der Waals surface area contributed by atoms with Crippen molar-refractivity contribution in [1.29, 1.82) is 0 Å². The van der Waals surface area contributed by atoms with Crippen LogP contribution in [-0.4, -0.2) is 23.6 Å². The van der Waals surface area contributed by atoms with Crippen molar-refractivity contribution >= 4 is 67.4 Å². The lowest BCUT2D eigenvalue weighted by atomic mass is 10.1. The lowest BCUT2D eigenvalue weighted by molar-refractivity contribution is 0.601. The predicted octanol–water partition coefficient (Wildman–Crippen LogP) is 4.97. The Morgan fingerprint density at radius 1 is 1.00 bits per heavy atom. The number of halogens is 3. The van der Waals surface area contributed by atoms with E-state index in [0.29, 0.717) is 22.3 Å². The van der Waals surface area contributed by atoms with E-state index in [9.17, 15) is 8.42 Å². The number of aromatic nitrogens is 3. The van der Waals surface area contributed by atoms with Crippen molar-refractivity contribution in [3.05, 3.63) is 63.6 Å². The molecule has 7 nitrogen and oxygen atoms in total. The Labute approximate surface area is 180 Å². The van der Waals surface area contributed by atoms with Crippen molar-refractivity contribution in [1.82, 2.24) is 15.2 Å². The third-order valence-electron chi connectivity index (χ3n) is 4.16. The molecule has 11 heteroatoms. The van der Waals surface area contributed by atoms with Crippen molar-refractivity contribution in [2.75, 3.05) is 10.5 Å². The molecule has 4 N–H and O–H groups in total. The number of pyridine rings is 1. The number of hydrogen-bond donors (Lipinski definition) is 3. The highest BCUT2D eigenvalue weighted by Crippen LogP contribution is 2.33. The van der Waals surface area contributed by atoms with Gasteiger partial charge >= 0.3 is 0 Å². The zero-order valence-corrected chi connectivity index (χ0v) is 17.5. The van der Waals surface area contributed by atoms with Gasteiger partial charge < -0.3 is 5.73 Å². The van der Waals surface area contributed by atoms with Crippen LogP contribution in [-0.2, 0) is 10.0 Å². The minimum Gasteiger partial charge on any atom is -0.380 e. The van der Waals surface area contributed by atoms with Gasteiger partial charge in [0.15, 0.2) is 5.82 Å². The molecular formula is C18H12Cl3N5O2S. The number of nitrogens with one attached hydrogen (secondary N) is 2. The van der Waals surface area contributed by atoms with Gasteiger partial charge in [0.2, 0.25) is 0 Å². The molecule has 0 amide bonds. The highest BCUT2D eigenvalue weighted by atomic mass is 35.5. The summed E-state index contributed by atoms with van der Waals surface area (Å²) >= 11 is 18.4. The summed E-state index contributed by atoms with van der Waals surface area (Å²) in [6.45, 7) is 0. The lowest BCUT2D eigenvalue weighted by Crippen LogP contribution is -2.13. The maximum absolute atomic E-state index is 12.7. The molecule has 148 valence electrons. The normalized spacial score (nSPS) is 11.7. The summed E-state index contributed by atoms with van der Waals surface area (Å²) in [6.07, 6.45) is 0. The van der Waals surface area contributed by atoms with Crippen LogP contribution in [0.25, 0.3) is 22.3 Å². The van der Waals surface area contributed by atoms with Crippen LogP contribution in [0.15, 0.2) is 53.4 Å². The predicted molar refractivity (Wildman–Crippen MR) is 116 cm³/mol. The molecule has 0 radical (unpaired) electrons. The van der Waals surface area contributed by atoms with Gasteiger partial charge in [-0.3, -0.25) is 9.82 Å². The van der Waals surface area contributed by atoms with E-state index in [1.165, 1.54) is 18.2 Å². The number of sulfonamides is 1. The Bertz CT molecular complexity index is 1360. The van der Waals surface area contributed by atoms with Crippen molar-refractivity contribution in [3.63, 3.8) is 0 Å². The highest BCUT2D eigenvalue weighted by molar-refractivity contribution is 7.92. The van der Waals surface area contributed by atoms with E-state index in [-0.39, 0.29) is 31.5 Å². The first-order valence-electron chi connectivity index (χ1n) is 8.13. The molecule has 0 bridgehead atoms. The molecule has 2 aromatic carbocycles. The SMILES string of the molecule is Nc1n[nH]c2ccc(-c3ccc(S(=O)(=O)Nc4cccc(Cl)c4Cl)cc3Cl)nc12. The lowest BCUT2D eigenvalue weighted by Gasteiger charge is -2.12. The fourth-order valence-corrected chi connectivity index (χ4v) is 4.57. The monoisotopic (exact) mass is 467 g/mol. The van der Waals surface area contributed by atoms with Gasteiger partial charge in [-0.05, 0) is 42.5 Å². The summed E-state index contributed by atoms with van der Waals surface area (Å²) < 4.78 is 27.9. The summed E-state index contributed by atoms with van der Waals surface area (Å²) in [5.41, 5.74) is 8.24. The number of fused-ring (bicyclic) bond motifs is 1. The van der Waals surface area contributed by atoms with E-state index in [0.717, 1.165) is 0 Å². The average molecular weight is 469 g/mol. The third-order valence-corrected chi connectivity index (χ3v) is 6.65. The van der Waals surface area contributed by atoms with Crippen LogP contribution < -0.4 is 10.5 Å². The quantitative estimate of drug-likeness (QED) is 0.391. The average Bonchev–Trinajstić information content (AvgIpc) is 3.05. The van der Waals surface area contributed by atoms with E-state index in [4.69, 9.17) is 40.5 Å². The zero-order chi connectivity index (χ0) is 20.8. The summed E-state index contributed by atoms with van der Waals surface area (Å²) in [7, 11) is -3.94. The van der Waals surface area contributed by atoms with E-state index < -0.39 is 10.0 Å². The van der Waals surface area contributed by atoms with Crippen molar-refractivity contribution < 1.29 is 8.42 Å². The molecule has 0 fully saturated rings. The molecule has 4 rings (SSSR count). The van der Waals surface area contributed by atoms with Gasteiger partial charge in [0.05, 0.1) is 36.9 Å². The van der Waals surface area contributed by atoms with Crippen LogP contribution in [0.3, 0.4) is 0 Å². The zero-order valence-electron chi connectivity index (χ0n) is 14.4. The molecule has 0 aliphatic carbocycles. The van der Waals surface area contributed by atoms with Crippen molar-refractivity contribution in [2.45, 2.75) is 4.90 Å². The summed E-state index contributed by atoms with van der Waals surface area (Å²) in [6, 6.07) is 12.5. The van der Waals surface area contributed by atoms with E-state index in [1.54, 1.807) is 30.3 Å². The number of hydrogen-bond acceptors (Lipinski definition) is 5. The van der Waals surface area contributed by atoms with Crippen LogP contribution >= 0.6 is 34.8 Å². The van der Waals surface area contributed by atoms with Gasteiger partial charge in [-0.15, -0.1) is 0 Å². The highest BCUT2D eigenvalue weighted by Gasteiger charge is 2.19. The number of anilines is 2. The minimum absolute atomic E-state index is 0.0359. The largest absolute Gasteiger partial charge is 0.380 e. The van der Waals surface area contributed by atoms with E-state index >= 15 is 0 Å². The van der Waals surface area contributed by atoms with E-state index in [1.807, 2.05) is 0 Å². The number of nitrogens with two attached hydrogens (primary N) is 1.